The molecule has 3 saturated carbocycles. The van der Waals surface area contributed by atoms with Crippen LogP contribution in [0.2, 0.25) is 0 Å². The molecule has 2 amide bonds. The van der Waals surface area contributed by atoms with E-state index in [9.17, 15) is 18.0 Å². The summed E-state index contributed by atoms with van der Waals surface area (Å²) >= 11 is 0. The molecular weight excluding hydrogens is 660 g/mol. The minimum absolute atomic E-state index is 0.0219. The number of anilines is 1. The Bertz CT molecular complexity index is 1890. The highest BCUT2D eigenvalue weighted by atomic mass is 32.2. The van der Waals surface area contributed by atoms with E-state index >= 15 is 4.39 Å². The van der Waals surface area contributed by atoms with Gasteiger partial charge in [0, 0.05) is 16.4 Å². The highest BCUT2D eigenvalue weighted by Gasteiger charge is 2.53. The van der Waals surface area contributed by atoms with Crippen LogP contribution in [0.15, 0.2) is 45.8 Å². The van der Waals surface area contributed by atoms with Gasteiger partial charge in [0.15, 0.2) is 15.7 Å². The average Bonchev–Trinajstić information content (AvgIpc) is 3.59. The maximum absolute atomic E-state index is 15.8. The topological polar surface area (TPSA) is 152 Å². The van der Waals surface area contributed by atoms with Crippen molar-refractivity contribution in [3.8, 4) is 0 Å². The zero-order valence-corrected chi connectivity index (χ0v) is 30.1. The third-order valence-corrected chi connectivity index (χ3v) is 13.4. The van der Waals surface area contributed by atoms with Gasteiger partial charge < -0.3 is 25.4 Å². The first-order valence-electron chi connectivity index (χ1n) is 17.7. The van der Waals surface area contributed by atoms with E-state index in [1.807, 2.05) is 32.9 Å². The number of halogens is 1. The maximum atomic E-state index is 15.8. The molecular formula is C37H47FN6O5S. The molecule has 0 radical (unpaired) electrons. The fraction of sp³-hybridized carbons (Fsp3) is 0.568. The predicted molar refractivity (Wildman–Crippen MR) is 186 cm³/mol. The summed E-state index contributed by atoms with van der Waals surface area (Å²) in [6, 6.07) is 8.72. The highest BCUT2D eigenvalue weighted by Crippen LogP contribution is 2.53. The first-order chi connectivity index (χ1) is 23.6. The van der Waals surface area contributed by atoms with Gasteiger partial charge in [-0.05, 0) is 101 Å². The summed E-state index contributed by atoms with van der Waals surface area (Å²) in [5, 5.41) is 7.35. The molecule has 0 unspecified atom stereocenters. The Hall–Kier alpha value is -3.68. The molecule has 13 heteroatoms. The number of piperidine rings is 1. The highest BCUT2D eigenvalue weighted by molar-refractivity contribution is 7.91. The minimum Gasteiger partial charge on any atom is -0.347 e. The summed E-state index contributed by atoms with van der Waals surface area (Å²) in [4.78, 5) is 35.5. The molecule has 2 aromatic carbocycles. The van der Waals surface area contributed by atoms with Gasteiger partial charge in [-0.2, -0.15) is 4.98 Å². The quantitative estimate of drug-likeness (QED) is 0.371. The summed E-state index contributed by atoms with van der Waals surface area (Å²) in [7, 11) is -2.02. The summed E-state index contributed by atoms with van der Waals surface area (Å²) in [5.74, 6) is -1.11. The van der Waals surface area contributed by atoms with Crippen molar-refractivity contribution < 1.29 is 26.9 Å². The number of likely N-dealkylation sites (tertiary alicyclic amines) is 1. The van der Waals surface area contributed by atoms with Crippen molar-refractivity contribution in [3.63, 3.8) is 0 Å². The Kier molecular flexibility index (Phi) is 8.70. The number of carbonyl (C=O) groups excluding carboxylic acids is 2. The Labute approximate surface area is 293 Å². The predicted octanol–water partition coefficient (Wildman–Crippen LogP) is 4.74. The third-order valence-electron chi connectivity index (χ3n) is 11.6. The number of aromatic nitrogens is 2. The van der Waals surface area contributed by atoms with Crippen LogP contribution in [0, 0.1) is 5.82 Å². The molecule has 5 aliphatic rings. The fourth-order valence-electron chi connectivity index (χ4n) is 8.22. The second-order valence-corrected chi connectivity index (χ2v) is 18.1. The number of nitrogens with zero attached hydrogens (tertiary/aromatic N) is 4. The number of fused-ring (bicyclic) bond motifs is 4. The Morgan fingerprint density at radius 2 is 1.70 bits per heavy atom. The molecule has 1 saturated heterocycles. The Balaban J connectivity index is 1.13. The SMILES string of the molecule is CN1CCC(c2ccc(CN3C(=O)[C@@H](N)CS(=O)(=O)c4cc(F)c(C(=O)NC56CCC(c7nc(C(C)(C)C)no7)(CC5)CC6)cc43)cc2)CC1. The number of carbonyl (C=O) groups is 2. The van der Waals surface area contributed by atoms with Gasteiger partial charge in [0.2, 0.25) is 11.8 Å². The zero-order chi connectivity index (χ0) is 35.6. The molecule has 268 valence electrons. The Morgan fingerprint density at radius 3 is 2.30 bits per heavy atom. The number of nitrogens with two attached hydrogens (primary N) is 1. The molecule has 3 aliphatic carbocycles. The van der Waals surface area contributed by atoms with Crippen molar-refractivity contribution in [2.45, 2.75) is 112 Å². The lowest BCUT2D eigenvalue weighted by Crippen LogP contribution is -2.58. The van der Waals surface area contributed by atoms with Gasteiger partial charge in [-0.25, -0.2) is 12.8 Å². The van der Waals surface area contributed by atoms with Crippen LogP contribution in [-0.4, -0.2) is 72.7 Å². The largest absolute Gasteiger partial charge is 0.347 e. The van der Waals surface area contributed by atoms with Crippen LogP contribution in [0.5, 0.6) is 0 Å². The van der Waals surface area contributed by atoms with E-state index in [0.29, 0.717) is 36.9 Å². The molecule has 2 aliphatic heterocycles. The van der Waals surface area contributed by atoms with E-state index in [0.717, 1.165) is 56.8 Å². The molecule has 4 fully saturated rings. The van der Waals surface area contributed by atoms with E-state index in [4.69, 9.17) is 15.2 Å². The van der Waals surface area contributed by atoms with Crippen LogP contribution < -0.4 is 16.0 Å². The molecule has 2 bridgehead atoms. The molecule has 0 spiro atoms. The smallest absolute Gasteiger partial charge is 0.254 e. The number of nitrogens with one attached hydrogen (secondary N) is 1. The Morgan fingerprint density at radius 1 is 1.06 bits per heavy atom. The summed E-state index contributed by atoms with van der Waals surface area (Å²) < 4.78 is 48.3. The van der Waals surface area contributed by atoms with Gasteiger partial charge in [-0.1, -0.05) is 50.2 Å². The average molecular weight is 707 g/mol. The van der Waals surface area contributed by atoms with Gasteiger partial charge in [0.05, 0.1) is 34.5 Å². The van der Waals surface area contributed by atoms with Crippen LogP contribution in [0.25, 0.3) is 0 Å². The second-order valence-electron chi connectivity index (χ2n) is 16.1. The molecule has 1 atom stereocenters. The fourth-order valence-corrected chi connectivity index (χ4v) is 9.79. The van der Waals surface area contributed by atoms with Gasteiger partial charge in [-0.15, -0.1) is 0 Å². The number of hydrogen-bond acceptors (Lipinski definition) is 9. The van der Waals surface area contributed by atoms with Crippen LogP contribution in [0.3, 0.4) is 0 Å². The number of hydrogen-bond donors (Lipinski definition) is 2. The number of sulfone groups is 1. The first kappa shape index (κ1) is 34.8. The van der Waals surface area contributed by atoms with Crippen LogP contribution in [0.4, 0.5) is 10.1 Å². The minimum atomic E-state index is -4.14. The van der Waals surface area contributed by atoms with E-state index in [1.165, 1.54) is 16.5 Å². The molecule has 3 aromatic rings. The van der Waals surface area contributed by atoms with Crippen molar-refractivity contribution in [2.75, 3.05) is 30.8 Å². The van der Waals surface area contributed by atoms with Gasteiger partial charge >= 0.3 is 0 Å². The lowest BCUT2D eigenvalue weighted by atomic mass is 9.57. The third kappa shape index (κ3) is 6.36. The van der Waals surface area contributed by atoms with Gasteiger partial charge in [0.1, 0.15) is 5.82 Å². The maximum Gasteiger partial charge on any atom is 0.254 e. The van der Waals surface area contributed by atoms with Gasteiger partial charge in [0.25, 0.3) is 5.91 Å². The first-order valence-corrected chi connectivity index (χ1v) is 19.3. The van der Waals surface area contributed by atoms with Crippen molar-refractivity contribution in [3.05, 3.63) is 70.6 Å². The standard InChI is InChI=1S/C37H47FN6O5S/c1-35(2,3)33-40-34(49-42-33)36-11-14-37(15-12-36,16-13-36)41-31(45)26-19-29-30(20-27(26)38)50(47,48)22-28(39)32(46)44(29)21-23-5-7-24(8-6-23)25-9-17-43(4)18-10-25/h5-8,19-20,25,28H,9-18,21-22,39H2,1-4H3,(H,41,45)/t28-,36?,37?/m0/s1. The van der Waals surface area contributed by atoms with Crippen LogP contribution >= 0.6 is 0 Å². The van der Waals surface area contributed by atoms with Crippen molar-refractivity contribution in [1.29, 1.82) is 0 Å². The lowest BCUT2D eigenvalue weighted by Gasteiger charge is -2.52. The van der Waals surface area contributed by atoms with E-state index in [1.54, 1.807) is 0 Å². The summed E-state index contributed by atoms with van der Waals surface area (Å²) in [5.41, 5.74) is 6.72. The summed E-state index contributed by atoms with van der Waals surface area (Å²) in [6.07, 6.45) is 6.30. The molecule has 8 rings (SSSR count). The van der Waals surface area contributed by atoms with Crippen molar-refractivity contribution >= 4 is 27.3 Å². The molecule has 3 N–H and O–H groups in total. The van der Waals surface area contributed by atoms with Crippen molar-refractivity contribution in [2.24, 2.45) is 5.73 Å². The lowest BCUT2D eigenvalue weighted by molar-refractivity contribution is -0.119. The zero-order valence-electron chi connectivity index (χ0n) is 29.3. The number of amides is 2. The van der Waals surface area contributed by atoms with Crippen LogP contribution in [-0.2, 0) is 32.0 Å². The molecule has 50 heavy (non-hydrogen) atoms. The monoisotopic (exact) mass is 706 g/mol. The van der Waals surface area contributed by atoms with Crippen LogP contribution in [0.1, 0.15) is 111 Å². The van der Waals surface area contributed by atoms with Gasteiger partial charge in [-0.3, -0.25) is 9.59 Å². The second kappa shape index (κ2) is 12.5. The van der Waals surface area contributed by atoms with E-state index < -0.39 is 44.8 Å². The van der Waals surface area contributed by atoms with E-state index in [2.05, 4.69) is 34.6 Å². The summed E-state index contributed by atoms with van der Waals surface area (Å²) in [6.45, 7) is 8.20. The molecule has 3 heterocycles. The number of benzene rings is 2. The van der Waals surface area contributed by atoms with E-state index in [-0.39, 0.29) is 33.5 Å². The molecule has 11 nitrogen and oxygen atoms in total. The normalized spacial score (nSPS) is 27.2. The number of rotatable bonds is 6. The van der Waals surface area contributed by atoms with Crippen molar-refractivity contribution in [1.82, 2.24) is 20.4 Å². The molecule has 1 aromatic heterocycles.